The SMILES string of the molecule is C=CCOC(=O)c1sc(N2C(=O)C(=O)/C(=C(\O)c3ccc(OCc4ccccc4)c(C)c3)C2c2ccc(OCC)cc2)nc1C. The zero-order valence-corrected chi connectivity index (χ0v) is 25.9. The van der Waals surface area contributed by atoms with Crippen molar-refractivity contribution >= 4 is 39.9 Å². The molecule has 1 aliphatic rings. The van der Waals surface area contributed by atoms with Crippen LogP contribution in [0.5, 0.6) is 11.5 Å². The zero-order valence-electron chi connectivity index (χ0n) is 25.1. The Labute approximate surface area is 265 Å². The Balaban J connectivity index is 1.56. The molecule has 9 nitrogen and oxygen atoms in total. The first-order chi connectivity index (χ1) is 21.7. The third kappa shape index (κ3) is 6.51. The fraction of sp³-hybridized carbons (Fsp3) is 0.200. The number of aryl methyl sites for hydroxylation is 2. The van der Waals surface area contributed by atoms with E-state index in [2.05, 4.69) is 11.6 Å². The number of ether oxygens (including phenoxy) is 3. The number of rotatable bonds is 11. The summed E-state index contributed by atoms with van der Waals surface area (Å²) in [5, 5.41) is 11.7. The van der Waals surface area contributed by atoms with Crippen LogP contribution < -0.4 is 14.4 Å². The predicted molar refractivity (Wildman–Crippen MR) is 172 cm³/mol. The maximum Gasteiger partial charge on any atom is 0.350 e. The van der Waals surface area contributed by atoms with Gasteiger partial charge in [-0.2, -0.15) is 0 Å². The number of amides is 1. The molecule has 45 heavy (non-hydrogen) atoms. The summed E-state index contributed by atoms with van der Waals surface area (Å²) < 4.78 is 16.7. The lowest BCUT2D eigenvalue weighted by Gasteiger charge is -2.23. The highest BCUT2D eigenvalue weighted by atomic mass is 32.1. The first-order valence-electron chi connectivity index (χ1n) is 14.3. The number of aliphatic hydroxyl groups is 1. The summed E-state index contributed by atoms with van der Waals surface area (Å²) in [6.07, 6.45) is 1.45. The summed E-state index contributed by atoms with van der Waals surface area (Å²) in [6.45, 7) is 9.72. The fourth-order valence-corrected chi connectivity index (χ4v) is 5.97. The van der Waals surface area contributed by atoms with E-state index in [-0.39, 0.29) is 27.9 Å². The van der Waals surface area contributed by atoms with E-state index >= 15 is 0 Å². The third-order valence-electron chi connectivity index (χ3n) is 7.15. The van der Waals surface area contributed by atoms with E-state index in [0.29, 0.717) is 41.5 Å². The lowest BCUT2D eigenvalue weighted by molar-refractivity contribution is -0.132. The Bertz CT molecular complexity index is 1780. The van der Waals surface area contributed by atoms with Crippen LogP contribution in [-0.2, 0) is 20.9 Å². The molecule has 0 aliphatic carbocycles. The van der Waals surface area contributed by atoms with Crippen molar-refractivity contribution < 1.29 is 33.7 Å². The van der Waals surface area contributed by atoms with Gasteiger partial charge in [-0.1, -0.05) is 66.5 Å². The lowest BCUT2D eigenvalue weighted by Crippen LogP contribution is -2.29. The van der Waals surface area contributed by atoms with Gasteiger partial charge in [0.1, 0.15) is 35.3 Å². The number of anilines is 1. The summed E-state index contributed by atoms with van der Waals surface area (Å²) in [5.41, 5.74) is 2.87. The van der Waals surface area contributed by atoms with E-state index in [0.717, 1.165) is 22.5 Å². The quantitative estimate of drug-likeness (QED) is 0.0644. The van der Waals surface area contributed by atoms with Gasteiger partial charge in [0, 0.05) is 5.56 Å². The van der Waals surface area contributed by atoms with Gasteiger partial charge < -0.3 is 19.3 Å². The molecule has 1 fully saturated rings. The van der Waals surface area contributed by atoms with Crippen LogP contribution in [0.1, 0.15) is 50.6 Å². The van der Waals surface area contributed by atoms with Crippen LogP contribution in [0.15, 0.2) is 91.0 Å². The van der Waals surface area contributed by atoms with Gasteiger partial charge in [-0.15, -0.1) is 0 Å². The molecule has 1 saturated heterocycles. The molecule has 4 aromatic rings. The zero-order chi connectivity index (χ0) is 32.1. The second-order valence-corrected chi connectivity index (χ2v) is 11.2. The maximum absolute atomic E-state index is 13.7. The number of carbonyl (C=O) groups excluding carboxylic acids is 3. The van der Waals surface area contributed by atoms with Gasteiger partial charge in [0.2, 0.25) is 0 Å². The van der Waals surface area contributed by atoms with E-state index in [1.54, 1.807) is 49.4 Å². The lowest BCUT2D eigenvalue weighted by atomic mass is 9.95. The summed E-state index contributed by atoms with van der Waals surface area (Å²) in [5.74, 6) is -1.49. The van der Waals surface area contributed by atoms with E-state index in [4.69, 9.17) is 14.2 Å². The number of hydrogen-bond acceptors (Lipinski definition) is 9. The minimum Gasteiger partial charge on any atom is -0.507 e. The number of benzene rings is 3. The molecule has 3 aromatic carbocycles. The maximum atomic E-state index is 13.7. The van der Waals surface area contributed by atoms with Crippen molar-refractivity contribution in [3.05, 3.63) is 124 Å². The van der Waals surface area contributed by atoms with Crippen LogP contribution in [0.2, 0.25) is 0 Å². The van der Waals surface area contributed by atoms with Crippen molar-refractivity contribution in [2.75, 3.05) is 18.1 Å². The molecule has 1 atom stereocenters. The van der Waals surface area contributed by atoms with Crippen molar-refractivity contribution in [3.8, 4) is 11.5 Å². The fourth-order valence-electron chi connectivity index (χ4n) is 4.98. The first kappa shape index (κ1) is 31.2. The predicted octanol–water partition coefficient (Wildman–Crippen LogP) is 6.71. The largest absolute Gasteiger partial charge is 0.507 e. The second-order valence-electron chi connectivity index (χ2n) is 10.2. The molecular formula is C35H32N2O7S. The van der Waals surface area contributed by atoms with Crippen LogP contribution in [0.4, 0.5) is 5.13 Å². The normalized spacial score (nSPS) is 15.6. The van der Waals surface area contributed by atoms with Crippen molar-refractivity contribution in [2.24, 2.45) is 0 Å². The molecule has 1 aliphatic heterocycles. The molecule has 0 spiro atoms. The smallest absolute Gasteiger partial charge is 0.350 e. The molecule has 10 heteroatoms. The van der Waals surface area contributed by atoms with Crippen LogP contribution in [0.25, 0.3) is 5.76 Å². The van der Waals surface area contributed by atoms with Crippen molar-refractivity contribution in [3.63, 3.8) is 0 Å². The highest BCUT2D eigenvalue weighted by Crippen LogP contribution is 2.44. The standard InChI is InChI=1S/C35H32N2O7S/c1-5-18-43-34(41)32-22(4)36-35(45-32)37-29(24-12-15-26(16-13-24)42-6-2)28(31(39)33(37)40)30(38)25-14-17-27(21(3)19-25)44-20-23-10-8-7-9-11-23/h5,7-17,19,29,38H,1,6,18,20H2,2-4H3/b30-28-. The Kier molecular flexibility index (Phi) is 9.44. The van der Waals surface area contributed by atoms with E-state index in [1.165, 1.54) is 11.0 Å². The van der Waals surface area contributed by atoms with E-state index in [1.807, 2.05) is 44.2 Å². The van der Waals surface area contributed by atoms with Gasteiger partial charge in [-0.3, -0.25) is 14.5 Å². The van der Waals surface area contributed by atoms with Gasteiger partial charge in [0.25, 0.3) is 5.78 Å². The number of carbonyl (C=O) groups is 3. The number of Topliss-reactive ketones (excluding diaryl/α,β-unsaturated/α-hetero) is 1. The minimum absolute atomic E-state index is 0.0116. The van der Waals surface area contributed by atoms with Gasteiger partial charge in [0.05, 0.1) is 23.9 Å². The van der Waals surface area contributed by atoms with Gasteiger partial charge in [-0.05, 0) is 67.8 Å². The number of ketones is 1. The third-order valence-corrected chi connectivity index (χ3v) is 8.28. The Hall–Kier alpha value is -5.22. The van der Waals surface area contributed by atoms with Crippen molar-refractivity contribution in [1.29, 1.82) is 0 Å². The first-order valence-corrected chi connectivity index (χ1v) is 15.1. The summed E-state index contributed by atoms with van der Waals surface area (Å²) in [4.78, 5) is 45.8. The number of thiazole rings is 1. The summed E-state index contributed by atoms with van der Waals surface area (Å²) >= 11 is 0.936. The molecule has 1 unspecified atom stereocenters. The minimum atomic E-state index is -1.03. The average Bonchev–Trinajstić information content (AvgIpc) is 3.55. The molecular weight excluding hydrogens is 592 g/mol. The highest BCUT2D eigenvalue weighted by molar-refractivity contribution is 7.17. The average molecular weight is 625 g/mol. The highest BCUT2D eigenvalue weighted by Gasteiger charge is 2.48. The Morgan fingerprint density at radius 1 is 1.04 bits per heavy atom. The number of aliphatic hydroxyl groups excluding tert-OH is 1. The van der Waals surface area contributed by atoms with Crippen molar-refractivity contribution in [1.82, 2.24) is 4.98 Å². The summed E-state index contributed by atoms with van der Waals surface area (Å²) in [7, 11) is 0. The van der Waals surface area contributed by atoms with E-state index in [9.17, 15) is 19.5 Å². The van der Waals surface area contributed by atoms with Gasteiger partial charge in [-0.25, -0.2) is 9.78 Å². The molecule has 0 saturated carbocycles. The molecule has 230 valence electrons. The molecule has 5 rings (SSSR count). The molecule has 2 heterocycles. The van der Waals surface area contributed by atoms with Crippen LogP contribution in [0, 0.1) is 13.8 Å². The monoisotopic (exact) mass is 624 g/mol. The Morgan fingerprint density at radius 2 is 1.78 bits per heavy atom. The Morgan fingerprint density at radius 3 is 2.44 bits per heavy atom. The van der Waals surface area contributed by atoms with Gasteiger partial charge >= 0.3 is 11.9 Å². The molecule has 1 amide bonds. The number of aromatic nitrogens is 1. The van der Waals surface area contributed by atoms with Gasteiger partial charge in [0.15, 0.2) is 5.13 Å². The number of esters is 1. The topological polar surface area (TPSA) is 115 Å². The van der Waals surface area contributed by atoms with Crippen LogP contribution in [0.3, 0.4) is 0 Å². The number of hydrogen-bond donors (Lipinski definition) is 1. The molecule has 1 aromatic heterocycles. The molecule has 0 bridgehead atoms. The van der Waals surface area contributed by atoms with E-state index < -0.39 is 23.7 Å². The van der Waals surface area contributed by atoms with Crippen LogP contribution >= 0.6 is 11.3 Å². The van der Waals surface area contributed by atoms with Crippen LogP contribution in [-0.4, -0.2) is 41.0 Å². The summed E-state index contributed by atoms with van der Waals surface area (Å²) in [6, 6.07) is 20.7. The molecule has 0 radical (unpaired) electrons. The van der Waals surface area contributed by atoms with Crippen molar-refractivity contribution in [2.45, 2.75) is 33.4 Å². The number of nitrogens with zero attached hydrogens (tertiary/aromatic N) is 2. The second kappa shape index (κ2) is 13.6. The molecule has 1 N–H and O–H groups in total.